The maximum Gasteiger partial charge on any atom is 0.411 e. The topological polar surface area (TPSA) is 35.2 Å². The van der Waals surface area contributed by atoms with Gasteiger partial charge >= 0.3 is 6.18 Å². The lowest BCUT2D eigenvalue weighted by molar-refractivity contribution is -0.174. The average Bonchev–Trinajstić information content (AvgIpc) is 2.15. The molecule has 1 aromatic carbocycles. The molecule has 0 aliphatic carbocycles. The van der Waals surface area contributed by atoms with Gasteiger partial charge in [0.2, 0.25) is 0 Å². The second kappa shape index (κ2) is 6.02. The molecule has 0 aliphatic heterocycles. The van der Waals surface area contributed by atoms with Gasteiger partial charge in [-0.25, -0.2) is 0 Å². The summed E-state index contributed by atoms with van der Waals surface area (Å²) in [6.07, 6.45) is -3.78. The van der Waals surface area contributed by atoms with Gasteiger partial charge in [-0.3, -0.25) is 0 Å². The van der Waals surface area contributed by atoms with Crippen LogP contribution in [0.15, 0.2) is 24.3 Å². The Kier molecular flexibility index (Phi) is 4.96. The highest BCUT2D eigenvalue weighted by molar-refractivity contribution is 5.22. The first-order valence-electron chi connectivity index (χ1n) is 5.32. The van der Waals surface area contributed by atoms with Crippen LogP contribution in [0.5, 0.6) is 0 Å². The Morgan fingerprint density at radius 2 is 2.06 bits per heavy atom. The molecule has 2 N–H and O–H groups in total. The molecule has 2 nitrogen and oxygen atoms in total. The van der Waals surface area contributed by atoms with Gasteiger partial charge in [0.15, 0.2) is 0 Å². The molecule has 1 aromatic rings. The maximum atomic E-state index is 11.8. The zero-order valence-corrected chi connectivity index (χ0v) is 9.63. The fourth-order valence-electron chi connectivity index (χ4n) is 1.53. The lowest BCUT2D eigenvalue weighted by Gasteiger charge is -2.13. The van der Waals surface area contributed by atoms with Gasteiger partial charge in [-0.05, 0) is 18.9 Å². The third-order valence-corrected chi connectivity index (χ3v) is 2.18. The predicted molar refractivity (Wildman–Crippen MR) is 59.7 cm³/mol. The minimum atomic E-state index is -4.29. The van der Waals surface area contributed by atoms with E-state index in [0.717, 1.165) is 11.1 Å². The molecule has 5 heteroatoms. The van der Waals surface area contributed by atoms with Crippen LogP contribution < -0.4 is 5.73 Å². The Balaban J connectivity index is 2.32. The van der Waals surface area contributed by atoms with Crippen LogP contribution in [0, 0.1) is 6.92 Å². The van der Waals surface area contributed by atoms with E-state index in [1.165, 1.54) is 0 Å². The van der Waals surface area contributed by atoms with E-state index in [4.69, 9.17) is 5.73 Å². The van der Waals surface area contributed by atoms with E-state index in [1.807, 2.05) is 31.2 Å². The van der Waals surface area contributed by atoms with Crippen LogP contribution in [0.25, 0.3) is 0 Å². The molecule has 96 valence electrons. The first-order valence-corrected chi connectivity index (χ1v) is 5.32. The van der Waals surface area contributed by atoms with Crippen LogP contribution in [0.2, 0.25) is 0 Å². The van der Waals surface area contributed by atoms with Crippen molar-refractivity contribution < 1.29 is 17.9 Å². The van der Waals surface area contributed by atoms with Gasteiger partial charge < -0.3 is 10.5 Å². The Morgan fingerprint density at radius 3 is 2.65 bits per heavy atom. The molecule has 0 aliphatic rings. The molecule has 0 saturated heterocycles. The molecular weight excluding hydrogens is 231 g/mol. The molecule has 0 heterocycles. The number of hydrogen-bond acceptors (Lipinski definition) is 2. The Labute approximate surface area is 98.6 Å². The fourth-order valence-corrected chi connectivity index (χ4v) is 1.53. The van der Waals surface area contributed by atoms with Gasteiger partial charge in [-0.1, -0.05) is 29.8 Å². The molecule has 0 saturated carbocycles. The normalized spacial score (nSPS) is 13.7. The Morgan fingerprint density at radius 1 is 1.35 bits per heavy atom. The van der Waals surface area contributed by atoms with Crippen molar-refractivity contribution in [2.24, 2.45) is 5.73 Å². The summed E-state index contributed by atoms with van der Waals surface area (Å²) in [6.45, 7) is 0.622. The number of nitrogens with two attached hydrogens (primary N) is 1. The minimum absolute atomic E-state index is 0.0898. The molecule has 1 atom stereocenters. The number of rotatable bonds is 5. The zero-order chi connectivity index (χ0) is 12.9. The van der Waals surface area contributed by atoms with E-state index in [-0.39, 0.29) is 6.61 Å². The Bertz CT molecular complexity index is 352. The number of aryl methyl sites for hydroxylation is 1. The first kappa shape index (κ1) is 14.0. The quantitative estimate of drug-likeness (QED) is 0.867. The van der Waals surface area contributed by atoms with Crippen molar-refractivity contribution in [1.29, 1.82) is 0 Å². The highest BCUT2D eigenvalue weighted by Crippen LogP contribution is 2.14. The molecule has 0 radical (unpaired) electrons. The van der Waals surface area contributed by atoms with Crippen molar-refractivity contribution in [3.8, 4) is 0 Å². The number of halogens is 3. The summed E-state index contributed by atoms with van der Waals surface area (Å²) in [5.41, 5.74) is 7.80. The molecule has 0 spiro atoms. The SMILES string of the molecule is Cc1cccc(CC(N)COCC(F)(F)F)c1. The van der Waals surface area contributed by atoms with Gasteiger partial charge in [0.05, 0.1) is 6.61 Å². The van der Waals surface area contributed by atoms with E-state index in [1.54, 1.807) is 0 Å². The zero-order valence-electron chi connectivity index (χ0n) is 9.63. The first-order chi connectivity index (χ1) is 7.87. The second-order valence-electron chi connectivity index (χ2n) is 4.08. The third-order valence-electron chi connectivity index (χ3n) is 2.18. The van der Waals surface area contributed by atoms with E-state index in [0.29, 0.717) is 6.42 Å². The summed E-state index contributed by atoms with van der Waals surface area (Å²) >= 11 is 0. The van der Waals surface area contributed by atoms with Gasteiger partial charge in [0.1, 0.15) is 6.61 Å². The number of hydrogen-bond donors (Lipinski definition) is 1. The smallest absolute Gasteiger partial charge is 0.370 e. The van der Waals surface area contributed by atoms with Gasteiger partial charge in [0.25, 0.3) is 0 Å². The van der Waals surface area contributed by atoms with Crippen molar-refractivity contribution in [1.82, 2.24) is 0 Å². The van der Waals surface area contributed by atoms with Crippen LogP contribution in [0.3, 0.4) is 0 Å². The molecule has 17 heavy (non-hydrogen) atoms. The van der Waals surface area contributed by atoms with Crippen LogP contribution in [-0.4, -0.2) is 25.4 Å². The fraction of sp³-hybridized carbons (Fsp3) is 0.500. The lowest BCUT2D eigenvalue weighted by atomic mass is 10.1. The van der Waals surface area contributed by atoms with Crippen LogP contribution in [0.4, 0.5) is 13.2 Å². The summed E-state index contributed by atoms with van der Waals surface area (Å²) in [5, 5.41) is 0. The van der Waals surface area contributed by atoms with E-state index in [2.05, 4.69) is 4.74 Å². The van der Waals surface area contributed by atoms with Crippen molar-refractivity contribution in [3.63, 3.8) is 0 Å². The average molecular weight is 247 g/mol. The molecule has 0 amide bonds. The molecule has 0 bridgehead atoms. The van der Waals surface area contributed by atoms with Crippen LogP contribution in [-0.2, 0) is 11.2 Å². The maximum absolute atomic E-state index is 11.8. The number of alkyl halides is 3. The third kappa shape index (κ3) is 6.28. The Hall–Kier alpha value is -1.07. The van der Waals surface area contributed by atoms with Crippen molar-refractivity contribution in [2.45, 2.75) is 25.6 Å². The van der Waals surface area contributed by atoms with Gasteiger partial charge in [0, 0.05) is 6.04 Å². The lowest BCUT2D eigenvalue weighted by Crippen LogP contribution is -2.31. The summed E-state index contributed by atoms with van der Waals surface area (Å²) < 4.78 is 40.0. The monoisotopic (exact) mass is 247 g/mol. The number of benzene rings is 1. The molecule has 0 fully saturated rings. The van der Waals surface area contributed by atoms with E-state index in [9.17, 15) is 13.2 Å². The van der Waals surface area contributed by atoms with E-state index >= 15 is 0 Å². The highest BCUT2D eigenvalue weighted by atomic mass is 19.4. The standard InChI is InChI=1S/C12H16F3NO/c1-9-3-2-4-10(5-9)6-11(16)7-17-8-12(13,14)15/h2-5,11H,6-8,16H2,1H3. The van der Waals surface area contributed by atoms with Crippen molar-refractivity contribution in [3.05, 3.63) is 35.4 Å². The summed E-state index contributed by atoms with van der Waals surface area (Å²) in [7, 11) is 0. The van der Waals surface area contributed by atoms with E-state index < -0.39 is 18.8 Å². The van der Waals surface area contributed by atoms with Gasteiger partial charge in [-0.15, -0.1) is 0 Å². The summed E-state index contributed by atoms with van der Waals surface area (Å²) in [4.78, 5) is 0. The highest BCUT2D eigenvalue weighted by Gasteiger charge is 2.27. The molecule has 1 unspecified atom stereocenters. The molecule has 0 aromatic heterocycles. The second-order valence-corrected chi connectivity index (χ2v) is 4.08. The van der Waals surface area contributed by atoms with Crippen molar-refractivity contribution in [2.75, 3.05) is 13.2 Å². The van der Waals surface area contributed by atoms with Gasteiger partial charge in [-0.2, -0.15) is 13.2 Å². The predicted octanol–water partition coefficient (Wildman–Crippen LogP) is 2.44. The summed E-state index contributed by atoms with van der Waals surface area (Å²) in [5.74, 6) is 0. The summed E-state index contributed by atoms with van der Waals surface area (Å²) in [6, 6.07) is 7.29. The molecule has 1 rings (SSSR count). The minimum Gasteiger partial charge on any atom is -0.370 e. The molecular formula is C12H16F3NO. The largest absolute Gasteiger partial charge is 0.411 e. The van der Waals surface area contributed by atoms with Crippen molar-refractivity contribution >= 4 is 0 Å². The van der Waals surface area contributed by atoms with Crippen LogP contribution >= 0.6 is 0 Å². The number of ether oxygens (including phenoxy) is 1. The van der Waals surface area contributed by atoms with Crippen LogP contribution in [0.1, 0.15) is 11.1 Å².